The van der Waals surface area contributed by atoms with Crippen LogP contribution in [0.1, 0.15) is 68.3 Å². The van der Waals surface area contributed by atoms with Gasteiger partial charge in [-0.05, 0) is 55.0 Å². The molecule has 9 nitrogen and oxygen atoms in total. The van der Waals surface area contributed by atoms with Crippen molar-refractivity contribution < 1.29 is 44.0 Å². The Morgan fingerprint density at radius 1 is 1.10 bits per heavy atom. The molecule has 4 N–H and O–H groups in total. The van der Waals surface area contributed by atoms with E-state index in [1.165, 1.54) is 18.4 Å². The van der Waals surface area contributed by atoms with E-state index in [4.69, 9.17) is 4.42 Å². The monoisotopic (exact) mass is 548 g/mol. The normalized spacial score (nSPS) is 29.8. The summed E-state index contributed by atoms with van der Waals surface area (Å²) in [5, 5.41) is 45.6. The van der Waals surface area contributed by atoms with E-state index < -0.39 is 62.7 Å². The van der Waals surface area contributed by atoms with Crippen molar-refractivity contribution in [2.45, 2.75) is 59.5 Å². The van der Waals surface area contributed by atoms with Gasteiger partial charge in [-0.1, -0.05) is 33.8 Å². The van der Waals surface area contributed by atoms with Gasteiger partial charge >= 0.3 is 0 Å². The van der Waals surface area contributed by atoms with Crippen molar-refractivity contribution in [3.05, 3.63) is 69.9 Å². The standard InChI is InChI=1S/C31H32O9/c1-14(2)23-25(35)21(15(3)32)27(37)31(39)28(38)24-26(36)22-17(12-29(24,4)13-30(23,31)5)16(8-9-18(22)33)11-19(34)20-7-6-10-40-20/h6-10,14,23,33,36-37,39H,11-13H2,1-5H3/t23?,29-,30-,31+/m1/s1. The molecule has 1 heterocycles. The van der Waals surface area contributed by atoms with E-state index in [1.54, 1.807) is 39.8 Å². The Hall–Kier alpha value is -3.98. The fourth-order valence-corrected chi connectivity index (χ4v) is 7.64. The van der Waals surface area contributed by atoms with Gasteiger partial charge < -0.3 is 24.8 Å². The van der Waals surface area contributed by atoms with Crippen LogP contribution >= 0.6 is 0 Å². The molecule has 5 rings (SSSR count). The number of aliphatic hydroxyl groups excluding tert-OH is 2. The molecule has 0 bridgehead atoms. The first-order chi connectivity index (χ1) is 18.6. The van der Waals surface area contributed by atoms with Crippen LogP contribution in [0.2, 0.25) is 0 Å². The molecule has 0 amide bonds. The van der Waals surface area contributed by atoms with E-state index in [0.29, 0.717) is 11.1 Å². The Bertz CT molecular complexity index is 1560. The SMILES string of the molecule is CC(=O)C1=C(O)[C@]2(O)C(=O)C3=C(O)c4c(O)ccc(CC(=O)c5ccco5)c4C[C@]3(C)C[C@]2(C)C(C(C)C)C1=O. The summed E-state index contributed by atoms with van der Waals surface area (Å²) in [5.41, 5.74) is -5.27. The molecule has 1 aromatic carbocycles. The van der Waals surface area contributed by atoms with Crippen LogP contribution in [0.25, 0.3) is 5.76 Å². The van der Waals surface area contributed by atoms with Gasteiger partial charge in [0.25, 0.3) is 0 Å². The van der Waals surface area contributed by atoms with Crippen molar-refractivity contribution in [1.29, 1.82) is 0 Å². The quantitative estimate of drug-likeness (QED) is 0.317. The summed E-state index contributed by atoms with van der Waals surface area (Å²) < 4.78 is 5.23. The van der Waals surface area contributed by atoms with Gasteiger partial charge in [0.15, 0.2) is 22.9 Å². The molecular formula is C31H32O9. The zero-order chi connectivity index (χ0) is 29.5. The van der Waals surface area contributed by atoms with Crippen molar-refractivity contribution >= 4 is 28.9 Å². The van der Waals surface area contributed by atoms with Crippen LogP contribution in [0, 0.1) is 22.7 Å². The molecule has 1 saturated carbocycles. The first-order valence-electron chi connectivity index (χ1n) is 13.2. The number of phenolic OH excluding ortho intramolecular Hbond substituents is 1. The molecule has 0 radical (unpaired) electrons. The number of fused-ring (bicyclic) bond motifs is 3. The minimum Gasteiger partial charge on any atom is -0.508 e. The predicted molar refractivity (Wildman–Crippen MR) is 143 cm³/mol. The van der Waals surface area contributed by atoms with Crippen LogP contribution in [0.3, 0.4) is 0 Å². The number of carbonyl (C=O) groups is 4. The summed E-state index contributed by atoms with van der Waals surface area (Å²) in [6.45, 7) is 7.85. The molecule has 3 aliphatic carbocycles. The van der Waals surface area contributed by atoms with Crippen molar-refractivity contribution in [2.75, 3.05) is 0 Å². The third-order valence-electron chi connectivity index (χ3n) is 9.13. The zero-order valence-corrected chi connectivity index (χ0v) is 23.0. The van der Waals surface area contributed by atoms with Gasteiger partial charge in [-0.15, -0.1) is 0 Å². The lowest BCUT2D eigenvalue weighted by atomic mass is 9.43. The fourth-order valence-electron chi connectivity index (χ4n) is 7.64. The van der Waals surface area contributed by atoms with Crippen molar-refractivity contribution in [1.82, 2.24) is 0 Å². The first kappa shape index (κ1) is 27.6. The highest BCUT2D eigenvalue weighted by Gasteiger charge is 2.72. The van der Waals surface area contributed by atoms with E-state index in [-0.39, 0.29) is 47.7 Å². The van der Waals surface area contributed by atoms with Crippen LogP contribution in [0.4, 0.5) is 0 Å². The molecule has 0 spiro atoms. The maximum Gasteiger partial charge on any atom is 0.203 e. The first-order valence-corrected chi connectivity index (χ1v) is 13.2. The van der Waals surface area contributed by atoms with E-state index in [2.05, 4.69) is 0 Å². The van der Waals surface area contributed by atoms with Gasteiger partial charge in [-0.2, -0.15) is 0 Å². The van der Waals surface area contributed by atoms with E-state index >= 15 is 0 Å². The zero-order valence-electron chi connectivity index (χ0n) is 23.0. The van der Waals surface area contributed by atoms with E-state index in [1.807, 2.05) is 0 Å². The van der Waals surface area contributed by atoms with Crippen molar-refractivity contribution in [2.24, 2.45) is 22.7 Å². The number of hydrogen-bond donors (Lipinski definition) is 4. The number of hydrogen-bond acceptors (Lipinski definition) is 9. The van der Waals surface area contributed by atoms with Gasteiger partial charge in [0.1, 0.15) is 22.8 Å². The number of rotatable bonds is 5. The van der Waals surface area contributed by atoms with Crippen LogP contribution in [0.15, 0.2) is 51.9 Å². The Morgan fingerprint density at radius 3 is 2.35 bits per heavy atom. The number of aromatic hydroxyl groups is 1. The second-order valence-corrected chi connectivity index (χ2v) is 12.1. The molecule has 1 fully saturated rings. The number of allylic oxidation sites excluding steroid dienone is 1. The topological polar surface area (TPSA) is 162 Å². The fraction of sp³-hybridized carbons (Fsp3) is 0.419. The van der Waals surface area contributed by atoms with Crippen molar-refractivity contribution in [3.63, 3.8) is 0 Å². The van der Waals surface area contributed by atoms with Gasteiger partial charge in [-0.3, -0.25) is 19.2 Å². The minimum atomic E-state index is -2.67. The molecule has 0 saturated heterocycles. The van der Waals surface area contributed by atoms with Gasteiger partial charge in [0.05, 0.1) is 11.8 Å². The molecule has 0 aliphatic heterocycles. The van der Waals surface area contributed by atoms with Crippen LogP contribution in [-0.4, -0.2) is 49.2 Å². The number of carbonyl (C=O) groups excluding carboxylic acids is 4. The van der Waals surface area contributed by atoms with E-state index in [0.717, 1.165) is 6.92 Å². The third kappa shape index (κ3) is 3.43. The highest BCUT2D eigenvalue weighted by atomic mass is 16.4. The third-order valence-corrected chi connectivity index (χ3v) is 9.13. The maximum atomic E-state index is 14.3. The average Bonchev–Trinajstić information content (AvgIpc) is 3.38. The van der Waals surface area contributed by atoms with Gasteiger partial charge in [0, 0.05) is 28.7 Å². The number of Topliss-reactive ketones (excluding diaryl/α,β-unsaturated/α-hetero) is 4. The van der Waals surface area contributed by atoms with Gasteiger partial charge in [-0.25, -0.2) is 0 Å². The average molecular weight is 549 g/mol. The molecule has 4 atom stereocenters. The largest absolute Gasteiger partial charge is 0.508 e. The molecule has 3 aliphatic rings. The van der Waals surface area contributed by atoms with Crippen molar-refractivity contribution in [3.8, 4) is 5.75 Å². The number of furan rings is 1. The Balaban J connectivity index is 1.75. The van der Waals surface area contributed by atoms with Crippen LogP contribution < -0.4 is 0 Å². The summed E-state index contributed by atoms with van der Waals surface area (Å²) in [7, 11) is 0. The summed E-state index contributed by atoms with van der Waals surface area (Å²) in [4.78, 5) is 53.2. The molecule has 1 aromatic heterocycles. The highest BCUT2D eigenvalue weighted by Crippen LogP contribution is 2.65. The smallest absolute Gasteiger partial charge is 0.203 e. The molecule has 9 heteroatoms. The Morgan fingerprint density at radius 2 is 1.77 bits per heavy atom. The summed E-state index contributed by atoms with van der Waals surface area (Å²) in [6, 6.07) is 6.02. The maximum absolute atomic E-state index is 14.3. The van der Waals surface area contributed by atoms with Gasteiger partial charge in [0.2, 0.25) is 11.6 Å². The number of benzene rings is 1. The molecule has 210 valence electrons. The van der Waals surface area contributed by atoms with Crippen LogP contribution in [0.5, 0.6) is 5.75 Å². The second kappa shape index (κ2) is 8.76. The molecule has 2 aromatic rings. The molecular weight excluding hydrogens is 516 g/mol. The lowest BCUT2D eigenvalue weighted by Gasteiger charge is -2.59. The Labute approximate surface area is 230 Å². The number of phenols is 1. The minimum absolute atomic E-state index is 0.0217. The molecule has 40 heavy (non-hydrogen) atoms. The van der Waals surface area contributed by atoms with E-state index in [9.17, 15) is 39.6 Å². The second-order valence-electron chi connectivity index (χ2n) is 12.1. The summed E-state index contributed by atoms with van der Waals surface area (Å²) in [5.74, 6) is -5.94. The summed E-state index contributed by atoms with van der Waals surface area (Å²) >= 11 is 0. The highest BCUT2D eigenvalue weighted by molar-refractivity contribution is 6.24. The number of ketones is 4. The lowest BCUT2D eigenvalue weighted by Crippen LogP contribution is -2.69. The number of aliphatic hydroxyl groups is 3. The predicted octanol–water partition coefficient (Wildman–Crippen LogP) is 4.21. The van der Waals surface area contributed by atoms with Crippen LogP contribution in [-0.2, 0) is 27.2 Å². The summed E-state index contributed by atoms with van der Waals surface area (Å²) in [6.07, 6.45) is 1.36. The Kier molecular flexibility index (Phi) is 6.04. The molecule has 1 unspecified atom stereocenters. The lowest BCUT2D eigenvalue weighted by molar-refractivity contribution is -0.178.